The maximum atomic E-state index is 5.12. The number of nitrogens with one attached hydrogen (secondary N) is 1. The highest BCUT2D eigenvalue weighted by atomic mass is 32.2. The van der Waals surface area contributed by atoms with Crippen LogP contribution in [0.3, 0.4) is 0 Å². The van der Waals surface area contributed by atoms with Gasteiger partial charge >= 0.3 is 0 Å². The zero-order valence-corrected chi connectivity index (χ0v) is 10.4. The molecule has 2 aromatic heterocycles. The molecule has 2 rings (SSSR count). The van der Waals surface area contributed by atoms with E-state index in [1.807, 2.05) is 0 Å². The lowest BCUT2D eigenvalue weighted by atomic mass is 10.4. The molecule has 0 saturated heterocycles. The van der Waals surface area contributed by atoms with Gasteiger partial charge in [-0.15, -0.1) is 0 Å². The molecule has 2 heterocycles. The number of thioether (sulfide) groups is 1. The lowest BCUT2D eigenvalue weighted by Gasteiger charge is -2.03. The maximum Gasteiger partial charge on any atom is 0.255 e. The number of anilines is 1. The summed E-state index contributed by atoms with van der Waals surface area (Å²) in [5, 5.41) is 3.83. The molecule has 90 valence electrons. The second-order valence-electron chi connectivity index (χ2n) is 3.41. The third kappa shape index (κ3) is 3.74. The highest BCUT2D eigenvalue weighted by molar-refractivity contribution is 7.98. The van der Waals surface area contributed by atoms with Gasteiger partial charge in [0.05, 0.1) is 24.3 Å². The van der Waals surface area contributed by atoms with Crippen LogP contribution in [0.5, 0.6) is 0 Å². The molecule has 0 aliphatic carbocycles. The summed E-state index contributed by atoms with van der Waals surface area (Å²) in [6.07, 6.45) is 7.79. The van der Waals surface area contributed by atoms with Gasteiger partial charge in [-0.1, -0.05) is 18.7 Å². The molecule has 17 heavy (non-hydrogen) atoms. The summed E-state index contributed by atoms with van der Waals surface area (Å²) >= 11 is 1.50. The van der Waals surface area contributed by atoms with Crippen molar-refractivity contribution in [2.75, 3.05) is 11.9 Å². The van der Waals surface area contributed by atoms with Gasteiger partial charge in [0, 0.05) is 12.3 Å². The summed E-state index contributed by atoms with van der Waals surface area (Å²) in [5.41, 5.74) is 0.912. The number of oxazole rings is 1. The molecule has 6 heteroatoms. The Morgan fingerprint density at radius 3 is 2.88 bits per heavy atom. The molecule has 0 fully saturated rings. The molecular weight excluding hydrogens is 236 g/mol. The largest absolute Gasteiger partial charge is 0.440 e. The molecule has 5 nitrogen and oxygen atoms in total. The molecule has 0 bridgehead atoms. The highest BCUT2D eigenvalue weighted by Crippen LogP contribution is 2.19. The van der Waals surface area contributed by atoms with E-state index in [0.717, 1.165) is 24.5 Å². The molecule has 0 aliphatic heterocycles. The van der Waals surface area contributed by atoms with Crippen LogP contribution in [0.15, 0.2) is 34.5 Å². The van der Waals surface area contributed by atoms with Crippen molar-refractivity contribution in [1.82, 2.24) is 15.0 Å². The van der Waals surface area contributed by atoms with Gasteiger partial charge in [-0.05, 0) is 6.42 Å². The van der Waals surface area contributed by atoms with E-state index in [-0.39, 0.29) is 0 Å². The fourth-order valence-corrected chi connectivity index (χ4v) is 1.87. The molecule has 0 saturated carbocycles. The average molecular weight is 250 g/mol. The van der Waals surface area contributed by atoms with Crippen molar-refractivity contribution in [1.29, 1.82) is 0 Å². The van der Waals surface area contributed by atoms with Crippen LogP contribution in [-0.4, -0.2) is 21.5 Å². The summed E-state index contributed by atoms with van der Waals surface area (Å²) in [6, 6.07) is 0. The average Bonchev–Trinajstić information content (AvgIpc) is 2.88. The normalized spacial score (nSPS) is 10.4. The van der Waals surface area contributed by atoms with Gasteiger partial charge in [0.1, 0.15) is 12.1 Å². The van der Waals surface area contributed by atoms with Crippen molar-refractivity contribution >= 4 is 17.6 Å². The Hall–Kier alpha value is -1.56. The first kappa shape index (κ1) is 11.9. The second kappa shape index (κ2) is 6.24. The molecule has 0 spiro atoms. The minimum atomic E-state index is 0.653. The van der Waals surface area contributed by atoms with Crippen molar-refractivity contribution in [3.8, 4) is 0 Å². The maximum absolute atomic E-state index is 5.12. The smallest absolute Gasteiger partial charge is 0.255 e. The standard InChI is InChI=1S/C11H14N4OS/c1-2-3-12-10-7-14-9(6-15-10)8-17-11-13-4-5-16-11/h4-7H,2-3,8H2,1H3,(H,12,15). The van der Waals surface area contributed by atoms with E-state index in [0.29, 0.717) is 11.0 Å². The third-order valence-corrected chi connectivity index (χ3v) is 2.90. The van der Waals surface area contributed by atoms with Gasteiger partial charge in [-0.25, -0.2) is 9.97 Å². The summed E-state index contributed by atoms with van der Waals surface area (Å²) in [6.45, 7) is 3.03. The van der Waals surface area contributed by atoms with E-state index in [4.69, 9.17) is 4.42 Å². The van der Waals surface area contributed by atoms with Crippen LogP contribution in [0, 0.1) is 0 Å². The van der Waals surface area contributed by atoms with Gasteiger partial charge < -0.3 is 9.73 Å². The van der Waals surface area contributed by atoms with Crippen LogP contribution >= 0.6 is 11.8 Å². The Bertz CT molecular complexity index is 429. The van der Waals surface area contributed by atoms with E-state index in [2.05, 4.69) is 27.2 Å². The third-order valence-electron chi connectivity index (χ3n) is 2.01. The molecule has 0 unspecified atom stereocenters. The molecule has 0 aromatic carbocycles. The Kier molecular flexibility index (Phi) is 4.37. The van der Waals surface area contributed by atoms with Crippen molar-refractivity contribution in [3.05, 3.63) is 30.5 Å². The van der Waals surface area contributed by atoms with Crippen molar-refractivity contribution in [2.24, 2.45) is 0 Å². The molecule has 0 radical (unpaired) electrons. The van der Waals surface area contributed by atoms with E-state index >= 15 is 0 Å². The zero-order valence-electron chi connectivity index (χ0n) is 9.59. The molecule has 2 aromatic rings. The number of nitrogens with zero attached hydrogens (tertiary/aromatic N) is 3. The molecule has 0 atom stereocenters. The number of hydrogen-bond acceptors (Lipinski definition) is 6. The SMILES string of the molecule is CCCNc1cnc(CSc2ncco2)cn1. The van der Waals surface area contributed by atoms with Crippen molar-refractivity contribution in [3.63, 3.8) is 0 Å². The van der Waals surface area contributed by atoms with Crippen molar-refractivity contribution in [2.45, 2.75) is 24.3 Å². The van der Waals surface area contributed by atoms with Crippen molar-refractivity contribution < 1.29 is 4.42 Å². The van der Waals surface area contributed by atoms with E-state index in [1.165, 1.54) is 11.8 Å². The lowest BCUT2D eigenvalue weighted by Crippen LogP contribution is -2.02. The van der Waals surface area contributed by atoms with Crippen LogP contribution in [0.4, 0.5) is 5.82 Å². The first-order valence-corrected chi connectivity index (χ1v) is 6.44. The van der Waals surface area contributed by atoms with Crippen LogP contribution < -0.4 is 5.32 Å². The number of aromatic nitrogens is 3. The molecule has 0 amide bonds. The highest BCUT2D eigenvalue weighted by Gasteiger charge is 2.01. The summed E-state index contributed by atoms with van der Waals surface area (Å²) in [7, 11) is 0. The first-order valence-electron chi connectivity index (χ1n) is 5.45. The Morgan fingerprint density at radius 1 is 1.29 bits per heavy atom. The van der Waals surface area contributed by atoms with Gasteiger partial charge in [0.2, 0.25) is 0 Å². The minimum Gasteiger partial charge on any atom is -0.440 e. The molecule has 1 N–H and O–H groups in total. The fourth-order valence-electron chi connectivity index (χ4n) is 1.19. The zero-order chi connectivity index (χ0) is 11.9. The number of hydrogen-bond donors (Lipinski definition) is 1. The minimum absolute atomic E-state index is 0.653. The fraction of sp³-hybridized carbons (Fsp3) is 0.364. The van der Waals surface area contributed by atoms with E-state index < -0.39 is 0 Å². The topological polar surface area (TPSA) is 63.8 Å². The monoisotopic (exact) mass is 250 g/mol. The van der Waals surface area contributed by atoms with Gasteiger partial charge in [0.25, 0.3) is 5.22 Å². The Balaban J connectivity index is 1.85. The summed E-state index contributed by atoms with van der Waals surface area (Å²) in [4.78, 5) is 12.6. The van der Waals surface area contributed by atoms with E-state index in [1.54, 1.807) is 24.9 Å². The quantitative estimate of drug-likeness (QED) is 0.795. The van der Waals surface area contributed by atoms with Crippen LogP contribution in [-0.2, 0) is 5.75 Å². The summed E-state index contributed by atoms with van der Waals surface area (Å²) in [5.74, 6) is 1.53. The van der Waals surface area contributed by atoms with Gasteiger partial charge in [-0.3, -0.25) is 4.98 Å². The van der Waals surface area contributed by atoms with Crippen LogP contribution in [0.1, 0.15) is 19.0 Å². The van der Waals surface area contributed by atoms with Crippen LogP contribution in [0.2, 0.25) is 0 Å². The van der Waals surface area contributed by atoms with Crippen LogP contribution in [0.25, 0.3) is 0 Å². The number of rotatable bonds is 6. The predicted octanol–water partition coefficient (Wildman–Crippen LogP) is 2.58. The van der Waals surface area contributed by atoms with Gasteiger partial charge in [0.15, 0.2) is 0 Å². The predicted molar refractivity (Wildman–Crippen MR) is 66.9 cm³/mol. The Labute approximate surface area is 104 Å². The first-order chi connectivity index (χ1) is 8.38. The lowest BCUT2D eigenvalue weighted by molar-refractivity contribution is 0.454. The molecule has 0 aliphatic rings. The van der Waals surface area contributed by atoms with E-state index in [9.17, 15) is 0 Å². The summed E-state index contributed by atoms with van der Waals surface area (Å²) < 4.78 is 5.12. The Morgan fingerprint density at radius 2 is 2.24 bits per heavy atom. The second-order valence-corrected chi connectivity index (χ2v) is 4.33. The van der Waals surface area contributed by atoms with Gasteiger partial charge in [-0.2, -0.15) is 0 Å². The molecular formula is C11H14N4OS.